The van der Waals surface area contributed by atoms with Gasteiger partial charge in [0.05, 0.1) is 73.5 Å². The van der Waals surface area contributed by atoms with Gasteiger partial charge in [-0.1, -0.05) is 23.4 Å². The van der Waals surface area contributed by atoms with Crippen molar-refractivity contribution < 1.29 is 35.9 Å². The molecule has 4 aromatic rings. The van der Waals surface area contributed by atoms with Crippen LogP contribution in [0.1, 0.15) is 31.4 Å². The molecular weight excluding hydrogens is 778 g/mol. The number of anilines is 2. The van der Waals surface area contributed by atoms with E-state index in [0.717, 1.165) is 29.2 Å². The number of thioether (sulfide) groups is 2. The molecule has 288 valence electrons. The van der Waals surface area contributed by atoms with Gasteiger partial charge in [0.2, 0.25) is 11.8 Å². The number of aromatic nitrogens is 6. The number of pyridine rings is 2. The van der Waals surface area contributed by atoms with Gasteiger partial charge in [-0.05, 0) is 31.2 Å². The van der Waals surface area contributed by atoms with E-state index in [1.165, 1.54) is 14.5 Å². The third-order valence-electron chi connectivity index (χ3n) is 7.01. The quantitative estimate of drug-likeness (QED) is 0.0649. The van der Waals surface area contributed by atoms with Gasteiger partial charge in [0.15, 0.2) is 5.15 Å². The van der Waals surface area contributed by atoms with Crippen LogP contribution >= 0.6 is 35.1 Å². The Hall–Kier alpha value is -4.65. The van der Waals surface area contributed by atoms with E-state index in [0.29, 0.717) is 28.5 Å². The molecule has 0 N–H and O–H groups in total. The number of aryl methyl sites for hydroxylation is 1. The van der Waals surface area contributed by atoms with Crippen molar-refractivity contribution in [3.05, 3.63) is 72.3 Å². The molecule has 0 saturated carbocycles. The van der Waals surface area contributed by atoms with Crippen LogP contribution in [-0.4, -0.2) is 89.8 Å². The largest absolute Gasteiger partial charge is 0.389 e. The summed E-state index contributed by atoms with van der Waals surface area (Å²) in [7, 11) is 0. The summed E-state index contributed by atoms with van der Waals surface area (Å²) >= 11 is 8.32. The first kappa shape index (κ1) is 43.8. The lowest BCUT2D eigenvalue weighted by atomic mass is 10.3. The fourth-order valence-electron chi connectivity index (χ4n) is 4.45. The first-order valence-corrected chi connectivity index (χ1v) is 18.7. The molecule has 0 atom stereocenters. The van der Waals surface area contributed by atoms with Crippen molar-refractivity contribution >= 4 is 58.3 Å². The summed E-state index contributed by atoms with van der Waals surface area (Å²) in [6.45, 7) is 1.80. The topological polar surface area (TPSA) is 102 Å². The zero-order chi connectivity index (χ0) is 39.7. The van der Waals surface area contributed by atoms with E-state index in [2.05, 4.69) is 32.0 Å². The Morgan fingerprint density at radius 1 is 0.759 bits per heavy atom. The highest BCUT2D eigenvalue weighted by Gasteiger charge is 2.27. The van der Waals surface area contributed by atoms with Crippen molar-refractivity contribution in [2.75, 3.05) is 45.9 Å². The molecule has 0 radical (unpaired) electrons. The second-order valence-corrected chi connectivity index (χ2v) is 13.8. The van der Waals surface area contributed by atoms with E-state index in [9.17, 15) is 35.9 Å². The molecule has 0 aromatic carbocycles. The first-order chi connectivity index (χ1) is 25.6. The van der Waals surface area contributed by atoms with E-state index in [4.69, 9.17) is 24.4 Å². The van der Waals surface area contributed by atoms with E-state index in [1.54, 1.807) is 67.0 Å². The number of carbonyl (C=O) groups is 2. The van der Waals surface area contributed by atoms with Gasteiger partial charge in [-0.25, -0.2) is 9.36 Å². The summed E-state index contributed by atoms with van der Waals surface area (Å²) in [5.74, 6) is 4.64. The number of terminal acetylenes is 2. The van der Waals surface area contributed by atoms with Crippen molar-refractivity contribution in [3.63, 3.8) is 0 Å². The number of alkyl halides is 6. The number of hydrogen-bond donors (Lipinski definition) is 0. The summed E-state index contributed by atoms with van der Waals surface area (Å²) in [5, 5.41) is 8.63. The Labute approximate surface area is 322 Å². The third-order valence-corrected chi connectivity index (χ3v) is 9.25. The van der Waals surface area contributed by atoms with E-state index < -0.39 is 25.2 Å². The van der Waals surface area contributed by atoms with E-state index >= 15 is 0 Å². The standard InChI is InChI=1S/C18H19F3N4OS.C17H16ClF3N4OS/c1-3-9-24(17(26)6-10-27-11-7-18(19,20)21)16-13-25(23-14(16)2)15-5-4-8-22-12-15;1-2-8-24(15(26)5-9-27-10-6-17(19,20)21)14-12-25(23-16(14)18)13-4-3-7-22-11-13/h1,4-5,8,12-13H,6-7,9-11H2,2H3;1,3-4,7,11-12H,5-6,8-10H2. The highest BCUT2D eigenvalue weighted by atomic mass is 35.5. The summed E-state index contributed by atoms with van der Waals surface area (Å²) in [5.41, 5.74) is 2.92. The van der Waals surface area contributed by atoms with Gasteiger partial charge >= 0.3 is 12.4 Å². The Kier molecular flexibility index (Phi) is 17.3. The van der Waals surface area contributed by atoms with Crippen LogP contribution in [-0.2, 0) is 9.59 Å². The Balaban J connectivity index is 0.000000290. The number of carbonyl (C=O) groups excluding carboxylic acids is 2. The van der Waals surface area contributed by atoms with Crippen molar-refractivity contribution in [1.82, 2.24) is 29.5 Å². The maximum Gasteiger partial charge on any atom is 0.389 e. The summed E-state index contributed by atoms with van der Waals surface area (Å²) in [6, 6.07) is 7.10. The second kappa shape index (κ2) is 21.3. The lowest BCUT2D eigenvalue weighted by Gasteiger charge is -2.19. The van der Waals surface area contributed by atoms with E-state index in [1.807, 2.05) is 6.07 Å². The van der Waals surface area contributed by atoms with Crippen LogP contribution in [0, 0.1) is 31.6 Å². The molecule has 4 aromatic heterocycles. The zero-order valence-corrected chi connectivity index (χ0v) is 31.2. The average molecular weight is 813 g/mol. The van der Waals surface area contributed by atoms with Crippen LogP contribution in [0.5, 0.6) is 0 Å². The minimum Gasteiger partial charge on any atom is -0.297 e. The fraction of sp³-hybridized carbons (Fsp3) is 0.371. The SMILES string of the molecule is C#CCN(C(=O)CCSCCC(F)(F)F)c1cn(-c2cccnc2)nc1C.C#CCN(C(=O)CCSCCC(F)(F)F)c1cn(-c2cccnc2)nc1Cl. The predicted octanol–water partition coefficient (Wildman–Crippen LogP) is 7.58. The molecule has 0 aliphatic rings. The van der Waals surface area contributed by atoms with Gasteiger partial charge in [0, 0.05) is 48.2 Å². The van der Waals surface area contributed by atoms with Gasteiger partial charge in [-0.2, -0.15) is 60.1 Å². The number of rotatable bonds is 16. The van der Waals surface area contributed by atoms with Gasteiger partial charge in [0.1, 0.15) is 5.69 Å². The molecule has 4 rings (SSSR count). The molecule has 0 fully saturated rings. The molecule has 4 heterocycles. The Bertz CT molecular complexity index is 1740. The minimum atomic E-state index is -4.19. The molecule has 0 aliphatic heterocycles. The van der Waals surface area contributed by atoms with Crippen LogP contribution in [0.2, 0.25) is 5.15 Å². The van der Waals surface area contributed by atoms with E-state index in [-0.39, 0.29) is 60.2 Å². The third kappa shape index (κ3) is 14.6. The van der Waals surface area contributed by atoms with Gasteiger partial charge in [-0.15, -0.1) is 12.8 Å². The first-order valence-electron chi connectivity index (χ1n) is 16.0. The lowest BCUT2D eigenvalue weighted by Crippen LogP contribution is -2.31. The maximum absolute atomic E-state index is 12.5. The Morgan fingerprint density at radius 2 is 1.20 bits per heavy atom. The normalized spacial score (nSPS) is 11.2. The molecular formula is C35H35ClF6N8O2S2. The summed E-state index contributed by atoms with van der Waals surface area (Å²) in [4.78, 5) is 35.8. The van der Waals surface area contributed by atoms with Crippen molar-refractivity contribution in [2.24, 2.45) is 0 Å². The molecule has 0 spiro atoms. The zero-order valence-electron chi connectivity index (χ0n) is 28.9. The lowest BCUT2D eigenvalue weighted by molar-refractivity contribution is -0.130. The van der Waals surface area contributed by atoms with Gasteiger partial charge in [0.25, 0.3) is 0 Å². The number of hydrogen-bond acceptors (Lipinski definition) is 8. The van der Waals surface area contributed by atoms with Crippen LogP contribution in [0.15, 0.2) is 61.4 Å². The number of halogens is 7. The highest BCUT2D eigenvalue weighted by molar-refractivity contribution is 7.99. The summed E-state index contributed by atoms with van der Waals surface area (Å²) < 4.78 is 76.0. The minimum absolute atomic E-state index is 0.0233. The molecule has 0 aliphatic carbocycles. The van der Waals surface area contributed by atoms with Gasteiger partial charge < -0.3 is 0 Å². The molecule has 0 saturated heterocycles. The highest BCUT2D eigenvalue weighted by Crippen LogP contribution is 2.28. The molecule has 0 bridgehead atoms. The van der Waals surface area contributed by atoms with Crippen LogP contribution in [0.25, 0.3) is 11.4 Å². The molecule has 2 amide bonds. The van der Waals surface area contributed by atoms with Crippen LogP contribution in [0.3, 0.4) is 0 Å². The molecule has 10 nitrogen and oxygen atoms in total. The monoisotopic (exact) mass is 812 g/mol. The number of amides is 2. The predicted molar refractivity (Wildman–Crippen MR) is 200 cm³/mol. The fourth-order valence-corrected chi connectivity index (χ4v) is 6.48. The van der Waals surface area contributed by atoms with Crippen molar-refractivity contribution in [3.8, 4) is 36.1 Å². The van der Waals surface area contributed by atoms with Gasteiger partial charge in [-0.3, -0.25) is 29.4 Å². The molecule has 0 unspecified atom stereocenters. The Morgan fingerprint density at radius 3 is 1.63 bits per heavy atom. The average Bonchev–Trinajstić information content (AvgIpc) is 3.71. The second-order valence-electron chi connectivity index (χ2n) is 11.0. The van der Waals surface area contributed by atoms with Crippen molar-refractivity contribution in [1.29, 1.82) is 0 Å². The van der Waals surface area contributed by atoms with Crippen LogP contribution in [0.4, 0.5) is 37.7 Å². The smallest absolute Gasteiger partial charge is 0.297 e. The van der Waals surface area contributed by atoms with Crippen molar-refractivity contribution in [2.45, 2.75) is 45.0 Å². The molecule has 19 heteroatoms. The van der Waals surface area contributed by atoms with Crippen LogP contribution < -0.4 is 9.80 Å². The number of nitrogens with zero attached hydrogens (tertiary/aromatic N) is 8. The maximum atomic E-state index is 12.5. The molecule has 54 heavy (non-hydrogen) atoms. The summed E-state index contributed by atoms with van der Waals surface area (Å²) in [6.07, 6.45) is 10.5.